The molecule has 3 aromatic rings. The molecule has 2 aromatic heterocycles. The van der Waals surface area contributed by atoms with Crippen molar-refractivity contribution in [2.75, 3.05) is 28.4 Å². The van der Waals surface area contributed by atoms with Gasteiger partial charge >= 0.3 is 5.97 Å². The van der Waals surface area contributed by atoms with Gasteiger partial charge in [0.05, 0.1) is 46.1 Å². The van der Waals surface area contributed by atoms with Crippen molar-refractivity contribution in [3.63, 3.8) is 0 Å². The second-order valence-corrected chi connectivity index (χ2v) is 5.59. The van der Waals surface area contributed by atoms with E-state index in [1.807, 2.05) is 0 Å². The van der Waals surface area contributed by atoms with Gasteiger partial charge in [-0.15, -0.1) is 0 Å². The summed E-state index contributed by atoms with van der Waals surface area (Å²) in [5.41, 5.74) is 0.410. The van der Waals surface area contributed by atoms with Gasteiger partial charge in [0.2, 0.25) is 23.5 Å². The van der Waals surface area contributed by atoms with Gasteiger partial charge in [-0.1, -0.05) is 18.2 Å². The number of aromatic nitrogens is 4. The molecule has 10 heteroatoms. The predicted molar refractivity (Wildman–Crippen MR) is 102 cm³/mol. The lowest BCUT2D eigenvalue weighted by atomic mass is 9.99. The molecule has 0 spiro atoms. The largest absolute Gasteiger partial charge is 0.481 e. The number of carbonyl (C=O) groups is 1. The zero-order valence-corrected chi connectivity index (χ0v) is 16.2. The Balaban J connectivity index is 2.27. The summed E-state index contributed by atoms with van der Waals surface area (Å²) >= 11 is 0. The van der Waals surface area contributed by atoms with Crippen LogP contribution in [0.1, 0.15) is 10.4 Å². The van der Waals surface area contributed by atoms with E-state index in [9.17, 15) is 9.90 Å². The zero-order chi connectivity index (χ0) is 21.0. The van der Waals surface area contributed by atoms with Gasteiger partial charge in [-0.2, -0.15) is 19.9 Å². The maximum absolute atomic E-state index is 12.2. The Kier molecular flexibility index (Phi) is 5.72. The molecule has 0 aliphatic heterocycles. The monoisotopic (exact) mass is 398 g/mol. The highest BCUT2D eigenvalue weighted by Gasteiger charge is 2.23. The minimum atomic E-state index is -1.20. The second-order valence-electron chi connectivity index (χ2n) is 5.59. The fraction of sp³-hybridized carbons (Fsp3) is 0.211. The molecule has 1 aromatic carbocycles. The molecule has 0 unspecified atom stereocenters. The zero-order valence-electron chi connectivity index (χ0n) is 16.2. The van der Waals surface area contributed by atoms with E-state index in [4.69, 9.17) is 18.9 Å². The fourth-order valence-corrected chi connectivity index (χ4v) is 2.62. The third-order valence-electron chi connectivity index (χ3n) is 3.95. The van der Waals surface area contributed by atoms with E-state index >= 15 is 0 Å². The summed E-state index contributed by atoms with van der Waals surface area (Å²) in [5.74, 6) is -0.0430. The Bertz CT molecular complexity index is 939. The number of aromatic carboxylic acids is 1. The lowest BCUT2D eigenvalue weighted by Crippen LogP contribution is -2.07. The summed E-state index contributed by atoms with van der Waals surface area (Å²) in [5, 5.41) is 9.94. The van der Waals surface area contributed by atoms with Crippen molar-refractivity contribution in [1.82, 2.24) is 19.9 Å². The summed E-state index contributed by atoms with van der Waals surface area (Å²) in [6.45, 7) is 0. The Morgan fingerprint density at radius 3 is 1.34 bits per heavy atom. The first-order valence-electron chi connectivity index (χ1n) is 8.31. The summed E-state index contributed by atoms with van der Waals surface area (Å²) in [6, 6.07) is 7.80. The van der Waals surface area contributed by atoms with Crippen LogP contribution in [-0.4, -0.2) is 59.5 Å². The third kappa shape index (κ3) is 4.00. The first-order chi connectivity index (χ1) is 14.0. The summed E-state index contributed by atoms with van der Waals surface area (Å²) in [4.78, 5) is 29.2. The van der Waals surface area contributed by atoms with E-state index in [0.29, 0.717) is 0 Å². The number of hydrogen-bond acceptors (Lipinski definition) is 9. The molecule has 1 N–H and O–H groups in total. The lowest BCUT2D eigenvalue weighted by molar-refractivity contribution is 0.0698. The van der Waals surface area contributed by atoms with Gasteiger partial charge < -0.3 is 24.1 Å². The van der Waals surface area contributed by atoms with E-state index in [0.717, 1.165) is 0 Å². The van der Waals surface area contributed by atoms with Crippen LogP contribution >= 0.6 is 0 Å². The van der Waals surface area contributed by atoms with Gasteiger partial charge in [0, 0.05) is 11.1 Å². The SMILES string of the molecule is COc1cc(OC)nc(-c2cccc(-c3nc(OC)cc(OC)n3)c2C(=O)O)n1. The topological polar surface area (TPSA) is 126 Å². The van der Waals surface area contributed by atoms with Crippen LogP contribution in [0, 0.1) is 0 Å². The van der Waals surface area contributed by atoms with Crippen LogP contribution in [0.4, 0.5) is 0 Å². The van der Waals surface area contributed by atoms with Gasteiger partial charge in [0.1, 0.15) is 0 Å². The number of methoxy groups -OCH3 is 4. The smallest absolute Gasteiger partial charge is 0.337 e. The molecule has 0 fully saturated rings. The Labute approximate surface area is 166 Å². The molecule has 0 aliphatic rings. The summed E-state index contributed by atoms with van der Waals surface area (Å²) < 4.78 is 20.6. The van der Waals surface area contributed by atoms with E-state index in [1.54, 1.807) is 18.2 Å². The molecule has 0 saturated heterocycles. The van der Waals surface area contributed by atoms with Crippen LogP contribution in [0.15, 0.2) is 30.3 Å². The predicted octanol–water partition coefficient (Wildman–Crippen LogP) is 2.33. The number of carboxylic acids is 1. The Morgan fingerprint density at radius 2 is 1.07 bits per heavy atom. The van der Waals surface area contributed by atoms with Crippen LogP contribution in [0.25, 0.3) is 22.8 Å². The third-order valence-corrected chi connectivity index (χ3v) is 3.95. The maximum Gasteiger partial charge on any atom is 0.337 e. The number of nitrogens with zero attached hydrogens (tertiary/aromatic N) is 4. The average Bonchev–Trinajstić information content (AvgIpc) is 2.77. The first kappa shape index (κ1) is 19.8. The molecular weight excluding hydrogens is 380 g/mol. The Morgan fingerprint density at radius 1 is 0.724 bits per heavy atom. The van der Waals surface area contributed by atoms with Crippen LogP contribution in [0.5, 0.6) is 23.5 Å². The number of hydrogen-bond donors (Lipinski definition) is 1. The fourth-order valence-electron chi connectivity index (χ4n) is 2.62. The van der Waals surface area contributed by atoms with Gasteiger partial charge in [-0.3, -0.25) is 0 Å². The molecule has 0 saturated carbocycles. The van der Waals surface area contributed by atoms with Crippen molar-refractivity contribution in [3.05, 3.63) is 35.9 Å². The van der Waals surface area contributed by atoms with Gasteiger partial charge in [0.25, 0.3) is 0 Å². The van der Waals surface area contributed by atoms with Crippen LogP contribution in [0.2, 0.25) is 0 Å². The van der Waals surface area contributed by atoms with Crippen LogP contribution < -0.4 is 18.9 Å². The van der Waals surface area contributed by atoms with Crippen molar-refractivity contribution in [2.45, 2.75) is 0 Å². The molecule has 0 amide bonds. The van der Waals surface area contributed by atoms with Gasteiger partial charge in [0.15, 0.2) is 11.6 Å². The molecule has 29 heavy (non-hydrogen) atoms. The van der Waals surface area contributed by atoms with Crippen molar-refractivity contribution in [2.24, 2.45) is 0 Å². The first-order valence-corrected chi connectivity index (χ1v) is 8.31. The molecule has 0 bridgehead atoms. The maximum atomic E-state index is 12.2. The number of benzene rings is 1. The molecule has 0 atom stereocenters. The number of ether oxygens (including phenoxy) is 4. The van der Waals surface area contributed by atoms with Crippen molar-refractivity contribution in [1.29, 1.82) is 0 Å². The molecule has 0 aliphatic carbocycles. The van der Waals surface area contributed by atoms with Crippen molar-refractivity contribution >= 4 is 5.97 Å². The van der Waals surface area contributed by atoms with Gasteiger partial charge in [-0.25, -0.2) is 4.79 Å². The standard InChI is InChI=1S/C19H18N4O6/c1-26-12-8-13(27-2)21-17(20-12)10-6-5-7-11(16(10)19(24)25)18-22-14(28-3)9-15(23-18)29-4/h5-9H,1-4H3,(H,24,25). The Hall–Kier alpha value is -3.95. The molecule has 10 nitrogen and oxygen atoms in total. The van der Waals surface area contributed by atoms with Crippen LogP contribution in [0.3, 0.4) is 0 Å². The molecular formula is C19H18N4O6. The highest BCUT2D eigenvalue weighted by molar-refractivity contribution is 6.01. The molecule has 3 rings (SSSR count). The lowest BCUT2D eigenvalue weighted by Gasteiger charge is -2.13. The normalized spacial score (nSPS) is 10.3. The minimum Gasteiger partial charge on any atom is -0.481 e. The molecule has 0 radical (unpaired) electrons. The van der Waals surface area contributed by atoms with E-state index < -0.39 is 5.97 Å². The molecule has 2 heterocycles. The quantitative estimate of drug-likeness (QED) is 0.633. The molecule has 150 valence electrons. The van der Waals surface area contributed by atoms with E-state index in [1.165, 1.54) is 40.6 Å². The number of carboxylic acid groups (broad SMARTS) is 1. The van der Waals surface area contributed by atoms with Gasteiger partial charge in [-0.05, 0) is 0 Å². The second kappa shape index (κ2) is 8.38. The van der Waals surface area contributed by atoms with Crippen molar-refractivity contribution in [3.8, 4) is 46.3 Å². The summed E-state index contributed by atoms with van der Waals surface area (Å²) in [7, 11) is 5.76. The minimum absolute atomic E-state index is 0.0851. The highest BCUT2D eigenvalue weighted by atomic mass is 16.5. The average molecular weight is 398 g/mol. The van der Waals surface area contributed by atoms with Crippen molar-refractivity contribution < 1.29 is 28.8 Å². The van der Waals surface area contributed by atoms with E-state index in [2.05, 4.69) is 19.9 Å². The van der Waals surface area contributed by atoms with Crippen LogP contribution in [-0.2, 0) is 0 Å². The highest BCUT2D eigenvalue weighted by Crippen LogP contribution is 2.32. The summed E-state index contributed by atoms with van der Waals surface area (Å²) in [6.07, 6.45) is 0. The number of rotatable bonds is 7. The van der Waals surface area contributed by atoms with E-state index in [-0.39, 0.29) is 51.9 Å².